The minimum atomic E-state index is -0.0957. The minimum Gasteiger partial charge on any atom is -0.464 e. The van der Waals surface area contributed by atoms with Crippen LogP contribution in [0.4, 0.5) is 4.79 Å². The van der Waals surface area contributed by atoms with Crippen molar-refractivity contribution in [2.75, 3.05) is 45.9 Å². The van der Waals surface area contributed by atoms with E-state index in [1.807, 2.05) is 54.3 Å². The summed E-state index contributed by atoms with van der Waals surface area (Å²) in [6.45, 7) is 7.20. The number of nitrogens with zero attached hydrogens (tertiary/aromatic N) is 3. The van der Waals surface area contributed by atoms with Crippen molar-refractivity contribution in [2.24, 2.45) is 17.8 Å². The molecule has 40 heavy (non-hydrogen) atoms. The average molecular weight is 549 g/mol. The van der Waals surface area contributed by atoms with E-state index < -0.39 is 0 Å². The Balaban J connectivity index is 1.18. The molecular formula is C32H44N4O4. The largest absolute Gasteiger partial charge is 0.464 e. The molecular weight excluding hydrogens is 504 g/mol. The molecule has 7 rings (SSSR count). The van der Waals surface area contributed by atoms with Crippen LogP contribution in [0.15, 0.2) is 46.9 Å². The maximum absolute atomic E-state index is 14.0. The molecule has 8 heteroatoms. The third-order valence-corrected chi connectivity index (χ3v) is 9.53. The van der Waals surface area contributed by atoms with Crippen LogP contribution in [0.1, 0.15) is 55.6 Å². The summed E-state index contributed by atoms with van der Waals surface area (Å²) in [6.07, 6.45) is 7.26. The highest BCUT2D eigenvalue weighted by atomic mass is 16.5. The molecule has 5 fully saturated rings. The number of furan rings is 1. The first-order chi connectivity index (χ1) is 19.4. The summed E-state index contributed by atoms with van der Waals surface area (Å²) in [4.78, 5) is 33.8. The predicted octanol–water partition coefficient (Wildman–Crippen LogP) is 4.43. The lowest BCUT2D eigenvalue weighted by Gasteiger charge is -2.57. The first kappa shape index (κ1) is 27.3. The standard InChI is InChI=1S/C32H44N4O4/c1-24-7-8-29(40-24)22-36(21-25-5-3-2-4-6-25)30(37)23-35(10-9-34-11-13-39-14-12-34)31(38)33-32-18-26-15-27(19-32)17-28(16-26)20-32/h2-8,26-28H,9-23H2,1H3,(H,33,38). The summed E-state index contributed by atoms with van der Waals surface area (Å²) < 4.78 is 11.4. The Kier molecular flexibility index (Phi) is 8.17. The molecule has 1 saturated heterocycles. The van der Waals surface area contributed by atoms with Crippen LogP contribution >= 0.6 is 0 Å². The molecule has 1 aliphatic heterocycles. The van der Waals surface area contributed by atoms with Gasteiger partial charge in [-0.05, 0) is 80.9 Å². The van der Waals surface area contributed by atoms with Gasteiger partial charge in [-0.1, -0.05) is 30.3 Å². The zero-order valence-electron chi connectivity index (χ0n) is 23.9. The second kappa shape index (κ2) is 12.0. The molecule has 5 aliphatic rings. The van der Waals surface area contributed by atoms with Crippen molar-refractivity contribution in [1.82, 2.24) is 20.0 Å². The van der Waals surface area contributed by atoms with Gasteiger partial charge in [-0.2, -0.15) is 0 Å². The highest BCUT2D eigenvalue weighted by Gasteiger charge is 2.52. The van der Waals surface area contributed by atoms with Crippen molar-refractivity contribution in [3.05, 3.63) is 59.5 Å². The van der Waals surface area contributed by atoms with Crippen LogP contribution < -0.4 is 5.32 Å². The molecule has 0 atom stereocenters. The fraction of sp³-hybridized carbons (Fsp3) is 0.625. The summed E-state index contributed by atoms with van der Waals surface area (Å²) in [7, 11) is 0. The minimum absolute atomic E-state index is 0.0507. The van der Waals surface area contributed by atoms with Crippen LogP contribution in [0.5, 0.6) is 0 Å². The van der Waals surface area contributed by atoms with Crippen molar-refractivity contribution in [2.45, 2.75) is 64.1 Å². The lowest BCUT2D eigenvalue weighted by molar-refractivity contribution is -0.133. The zero-order valence-corrected chi connectivity index (χ0v) is 23.9. The molecule has 4 saturated carbocycles. The van der Waals surface area contributed by atoms with E-state index >= 15 is 0 Å². The third-order valence-electron chi connectivity index (χ3n) is 9.53. The third kappa shape index (κ3) is 6.55. The van der Waals surface area contributed by atoms with Crippen molar-refractivity contribution < 1.29 is 18.7 Å². The Labute approximate surface area is 238 Å². The van der Waals surface area contributed by atoms with Crippen molar-refractivity contribution in [3.8, 4) is 0 Å². The Morgan fingerprint density at radius 2 is 1.60 bits per heavy atom. The number of hydrogen-bond acceptors (Lipinski definition) is 5. The van der Waals surface area contributed by atoms with Crippen LogP contribution in [-0.4, -0.2) is 78.1 Å². The summed E-state index contributed by atoms with van der Waals surface area (Å²) in [5.74, 6) is 3.73. The normalized spacial score (nSPS) is 27.5. The van der Waals surface area contributed by atoms with E-state index in [1.54, 1.807) is 4.90 Å². The molecule has 1 aromatic carbocycles. The van der Waals surface area contributed by atoms with Gasteiger partial charge in [0.2, 0.25) is 5.91 Å². The summed E-state index contributed by atoms with van der Waals surface area (Å²) in [6, 6.07) is 13.8. The molecule has 2 heterocycles. The van der Waals surface area contributed by atoms with Gasteiger partial charge in [0.15, 0.2) is 0 Å². The number of nitrogens with one attached hydrogen (secondary N) is 1. The van der Waals surface area contributed by atoms with E-state index in [0.29, 0.717) is 32.8 Å². The number of carbonyl (C=O) groups is 2. The van der Waals surface area contributed by atoms with Crippen molar-refractivity contribution >= 4 is 11.9 Å². The molecule has 1 N–H and O–H groups in total. The van der Waals surface area contributed by atoms with Gasteiger partial charge in [0.25, 0.3) is 0 Å². The molecule has 4 aliphatic carbocycles. The van der Waals surface area contributed by atoms with Crippen LogP contribution in [0.25, 0.3) is 0 Å². The van der Waals surface area contributed by atoms with Gasteiger partial charge in [0, 0.05) is 38.3 Å². The van der Waals surface area contributed by atoms with Gasteiger partial charge in [0.1, 0.15) is 18.1 Å². The van der Waals surface area contributed by atoms with E-state index in [-0.39, 0.29) is 24.0 Å². The van der Waals surface area contributed by atoms with Gasteiger partial charge < -0.3 is 24.3 Å². The van der Waals surface area contributed by atoms with Gasteiger partial charge in [-0.15, -0.1) is 0 Å². The molecule has 0 spiro atoms. The number of benzene rings is 1. The number of hydrogen-bond donors (Lipinski definition) is 1. The van der Waals surface area contributed by atoms with Crippen molar-refractivity contribution in [1.29, 1.82) is 0 Å². The Hall–Kier alpha value is -2.84. The smallest absolute Gasteiger partial charge is 0.318 e. The topological polar surface area (TPSA) is 78.3 Å². The Bertz CT molecular complexity index is 1120. The van der Waals surface area contributed by atoms with Crippen LogP contribution in [-0.2, 0) is 22.6 Å². The van der Waals surface area contributed by atoms with Gasteiger partial charge >= 0.3 is 6.03 Å². The van der Waals surface area contributed by atoms with Crippen LogP contribution in [0.3, 0.4) is 0 Å². The summed E-state index contributed by atoms with van der Waals surface area (Å²) >= 11 is 0. The second-order valence-electron chi connectivity index (χ2n) is 12.8. The SMILES string of the molecule is Cc1ccc(CN(Cc2ccccc2)C(=O)CN(CCN2CCOCC2)C(=O)NC23CC4CC(CC(C4)C2)C3)o1. The van der Waals surface area contributed by atoms with E-state index in [0.717, 1.165) is 73.7 Å². The Morgan fingerprint density at radius 1 is 0.925 bits per heavy atom. The number of rotatable bonds is 10. The molecule has 1 aromatic heterocycles. The number of carbonyl (C=O) groups excluding carboxylic acids is 2. The van der Waals surface area contributed by atoms with Gasteiger partial charge in [-0.25, -0.2) is 4.79 Å². The summed E-state index contributed by atoms with van der Waals surface area (Å²) in [5, 5.41) is 3.51. The van der Waals surface area contributed by atoms with E-state index in [9.17, 15) is 9.59 Å². The second-order valence-corrected chi connectivity index (χ2v) is 12.8. The van der Waals surface area contributed by atoms with Crippen LogP contribution in [0, 0.1) is 24.7 Å². The first-order valence-corrected chi connectivity index (χ1v) is 15.2. The lowest BCUT2D eigenvalue weighted by atomic mass is 9.53. The van der Waals surface area contributed by atoms with Gasteiger partial charge in [-0.3, -0.25) is 9.69 Å². The lowest BCUT2D eigenvalue weighted by Crippen LogP contribution is -2.62. The van der Waals surface area contributed by atoms with Crippen molar-refractivity contribution in [3.63, 3.8) is 0 Å². The number of morpholine rings is 1. The molecule has 0 unspecified atom stereocenters. The first-order valence-electron chi connectivity index (χ1n) is 15.2. The van der Waals surface area contributed by atoms with E-state index in [4.69, 9.17) is 9.15 Å². The predicted molar refractivity (Wildman–Crippen MR) is 152 cm³/mol. The van der Waals surface area contributed by atoms with E-state index in [2.05, 4.69) is 10.2 Å². The molecule has 0 radical (unpaired) electrons. The summed E-state index contributed by atoms with van der Waals surface area (Å²) in [5.41, 5.74) is 0.957. The quantitative estimate of drug-likeness (QED) is 0.475. The number of urea groups is 1. The number of aryl methyl sites for hydroxylation is 1. The number of ether oxygens (including phenoxy) is 1. The molecule has 3 amide bonds. The number of amides is 3. The van der Waals surface area contributed by atoms with Gasteiger partial charge in [0.05, 0.1) is 19.8 Å². The average Bonchev–Trinajstić information content (AvgIpc) is 3.35. The van der Waals surface area contributed by atoms with E-state index in [1.165, 1.54) is 19.3 Å². The highest BCUT2D eigenvalue weighted by molar-refractivity contribution is 5.84. The highest BCUT2D eigenvalue weighted by Crippen LogP contribution is 2.55. The monoisotopic (exact) mass is 548 g/mol. The zero-order chi connectivity index (χ0) is 27.5. The molecule has 216 valence electrons. The maximum atomic E-state index is 14.0. The molecule has 4 bridgehead atoms. The molecule has 2 aromatic rings. The fourth-order valence-electron chi connectivity index (χ4n) is 7.97. The Morgan fingerprint density at radius 3 is 2.23 bits per heavy atom. The fourth-order valence-corrected chi connectivity index (χ4v) is 7.97. The molecule has 8 nitrogen and oxygen atoms in total. The maximum Gasteiger partial charge on any atom is 0.318 e. The van der Waals surface area contributed by atoms with Crippen LogP contribution in [0.2, 0.25) is 0 Å².